The molecule has 0 bridgehead atoms. The molecule has 3 heterocycles. The first-order valence-corrected chi connectivity index (χ1v) is 9.52. The van der Waals surface area contributed by atoms with Crippen molar-refractivity contribution in [3.63, 3.8) is 0 Å². The van der Waals surface area contributed by atoms with Gasteiger partial charge >= 0.3 is 0 Å². The Kier molecular flexibility index (Phi) is 5.14. The first-order chi connectivity index (χ1) is 13.6. The molecule has 0 aliphatic carbocycles. The van der Waals surface area contributed by atoms with E-state index in [4.69, 9.17) is 9.26 Å². The first kappa shape index (κ1) is 18.3. The zero-order valence-electron chi connectivity index (χ0n) is 16.2. The molecule has 0 spiro atoms. The van der Waals surface area contributed by atoms with Crippen LogP contribution in [0.3, 0.4) is 0 Å². The normalized spacial score (nSPS) is 16.5. The molecule has 0 N–H and O–H groups in total. The van der Waals surface area contributed by atoms with Gasteiger partial charge in [0, 0.05) is 32.8 Å². The van der Waals surface area contributed by atoms with E-state index in [0.717, 1.165) is 17.7 Å². The molecule has 7 heteroatoms. The number of likely N-dealkylation sites (tertiary alicyclic amines) is 1. The Bertz CT molecular complexity index is 962. The summed E-state index contributed by atoms with van der Waals surface area (Å²) in [6, 6.07) is 11.7. The Balaban J connectivity index is 1.31. The molecule has 1 aliphatic heterocycles. The lowest BCUT2D eigenvalue weighted by Crippen LogP contribution is -2.29. The van der Waals surface area contributed by atoms with Crippen LogP contribution in [0.5, 0.6) is 5.75 Å². The molecular formula is C21H24N4O3. The lowest BCUT2D eigenvalue weighted by molar-refractivity contribution is 0.0780. The molecule has 1 fully saturated rings. The van der Waals surface area contributed by atoms with Gasteiger partial charge in [0.25, 0.3) is 5.91 Å². The standard InChI is InChI=1S/C21H24N4O3/c1-15-5-3-6-17(13-15)27-12-9-19-22-20(28-23-19)16-8-11-25(14-16)21(26)18-7-4-10-24(18)2/h3-7,10,13,16H,8-9,11-12,14H2,1-2H3. The molecule has 1 saturated heterocycles. The summed E-state index contributed by atoms with van der Waals surface area (Å²) in [4.78, 5) is 19.0. The number of benzene rings is 1. The van der Waals surface area contributed by atoms with Gasteiger partial charge < -0.3 is 18.7 Å². The van der Waals surface area contributed by atoms with Gasteiger partial charge in [0.2, 0.25) is 5.89 Å². The zero-order chi connectivity index (χ0) is 19.5. The number of hydrogen-bond acceptors (Lipinski definition) is 5. The van der Waals surface area contributed by atoms with Crippen LogP contribution in [0.15, 0.2) is 47.1 Å². The van der Waals surface area contributed by atoms with E-state index in [-0.39, 0.29) is 11.8 Å². The lowest BCUT2D eigenvalue weighted by Gasteiger charge is -2.16. The second-order valence-electron chi connectivity index (χ2n) is 7.20. The number of amides is 1. The molecular weight excluding hydrogens is 356 g/mol. The Morgan fingerprint density at radius 1 is 1.32 bits per heavy atom. The van der Waals surface area contributed by atoms with Gasteiger partial charge in [-0.2, -0.15) is 4.98 Å². The number of rotatable bonds is 6. The first-order valence-electron chi connectivity index (χ1n) is 9.52. The maximum absolute atomic E-state index is 12.6. The fourth-order valence-corrected chi connectivity index (χ4v) is 3.49. The van der Waals surface area contributed by atoms with E-state index in [9.17, 15) is 4.79 Å². The van der Waals surface area contributed by atoms with Gasteiger partial charge in [-0.15, -0.1) is 0 Å². The van der Waals surface area contributed by atoms with Crippen LogP contribution in [-0.4, -0.2) is 45.2 Å². The van der Waals surface area contributed by atoms with Crippen LogP contribution in [0.4, 0.5) is 0 Å². The van der Waals surface area contributed by atoms with Gasteiger partial charge in [-0.25, -0.2) is 0 Å². The van der Waals surface area contributed by atoms with Crippen molar-refractivity contribution in [2.24, 2.45) is 7.05 Å². The van der Waals surface area contributed by atoms with E-state index in [1.165, 1.54) is 0 Å². The van der Waals surface area contributed by atoms with Gasteiger partial charge in [0.15, 0.2) is 5.82 Å². The predicted molar refractivity (Wildman–Crippen MR) is 103 cm³/mol. The van der Waals surface area contributed by atoms with Crippen molar-refractivity contribution in [3.05, 3.63) is 65.6 Å². The minimum absolute atomic E-state index is 0.0429. The molecule has 146 valence electrons. The highest BCUT2D eigenvalue weighted by molar-refractivity contribution is 5.93. The molecule has 28 heavy (non-hydrogen) atoms. The molecule has 1 amide bonds. The summed E-state index contributed by atoms with van der Waals surface area (Å²) in [5, 5.41) is 4.07. The quantitative estimate of drug-likeness (QED) is 0.657. The summed E-state index contributed by atoms with van der Waals surface area (Å²) in [5.74, 6) is 2.21. The smallest absolute Gasteiger partial charge is 0.270 e. The fraction of sp³-hybridized carbons (Fsp3) is 0.381. The average Bonchev–Trinajstić information content (AvgIpc) is 3.41. The SMILES string of the molecule is Cc1cccc(OCCc2noc(C3CCN(C(=O)c4cccn4C)C3)n2)c1. The van der Waals surface area contributed by atoms with Crippen LogP contribution in [0, 0.1) is 6.92 Å². The highest BCUT2D eigenvalue weighted by atomic mass is 16.5. The van der Waals surface area contributed by atoms with Crippen molar-refractivity contribution in [1.29, 1.82) is 0 Å². The molecule has 1 unspecified atom stereocenters. The summed E-state index contributed by atoms with van der Waals surface area (Å²) in [6.45, 7) is 3.82. The van der Waals surface area contributed by atoms with E-state index in [1.54, 1.807) is 0 Å². The molecule has 2 aromatic heterocycles. The van der Waals surface area contributed by atoms with Gasteiger partial charge in [-0.3, -0.25) is 4.79 Å². The predicted octanol–water partition coefficient (Wildman–Crippen LogP) is 2.97. The number of nitrogens with zero attached hydrogens (tertiary/aromatic N) is 4. The largest absolute Gasteiger partial charge is 0.493 e. The summed E-state index contributed by atoms with van der Waals surface area (Å²) >= 11 is 0. The van der Waals surface area contributed by atoms with Crippen molar-refractivity contribution in [2.75, 3.05) is 19.7 Å². The van der Waals surface area contributed by atoms with Crippen LogP contribution in [-0.2, 0) is 13.5 Å². The van der Waals surface area contributed by atoms with Crippen LogP contribution in [0.25, 0.3) is 0 Å². The maximum Gasteiger partial charge on any atom is 0.270 e. The van der Waals surface area contributed by atoms with Gasteiger partial charge in [-0.1, -0.05) is 17.3 Å². The maximum atomic E-state index is 12.6. The Morgan fingerprint density at radius 2 is 2.21 bits per heavy atom. The lowest BCUT2D eigenvalue weighted by atomic mass is 10.1. The summed E-state index contributed by atoms with van der Waals surface area (Å²) in [5.41, 5.74) is 1.86. The number of aryl methyl sites for hydroxylation is 2. The monoisotopic (exact) mass is 380 g/mol. The van der Waals surface area contributed by atoms with Crippen molar-refractivity contribution in [3.8, 4) is 5.75 Å². The Hall–Kier alpha value is -3.09. The molecule has 0 saturated carbocycles. The topological polar surface area (TPSA) is 73.4 Å². The van der Waals surface area contributed by atoms with Gasteiger partial charge in [-0.05, 0) is 43.2 Å². The minimum Gasteiger partial charge on any atom is -0.493 e. The summed E-state index contributed by atoms with van der Waals surface area (Å²) in [7, 11) is 1.88. The molecule has 1 aliphatic rings. The van der Waals surface area contributed by atoms with Crippen LogP contribution >= 0.6 is 0 Å². The zero-order valence-corrected chi connectivity index (χ0v) is 16.2. The minimum atomic E-state index is 0.0429. The third-order valence-corrected chi connectivity index (χ3v) is 5.06. The van der Waals surface area contributed by atoms with E-state index < -0.39 is 0 Å². The van der Waals surface area contributed by atoms with Crippen molar-refractivity contribution >= 4 is 5.91 Å². The average molecular weight is 380 g/mol. The number of hydrogen-bond donors (Lipinski definition) is 0. The number of aromatic nitrogens is 3. The van der Waals surface area contributed by atoms with E-state index in [1.807, 2.05) is 66.0 Å². The molecule has 1 atom stereocenters. The van der Waals surface area contributed by atoms with Crippen LogP contribution in [0.2, 0.25) is 0 Å². The van der Waals surface area contributed by atoms with Crippen molar-refractivity contribution in [1.82, 2.24) is 19.6 Å². The third kappa shape index (κ3) is 3.93. The Labute approximate surface area is 163 Å². The van der Waals surface area contributed by atoms with Gasteiger partial charge in [0.1, 0.15) is 11.4 Å². The van der Waals surface area contributed by atoms with Crippen molar-refractivity contribution < 1.29 is 14.1 Å². The fourth-order valence-electron chi connectivity index (χ4n) is 3.49. The Morgan fingerprint density at radius 3 is 3.00 bits per heavy atom. The highest BCUT2D eigenvalue weighted by Crippen LogP contribution is 2.27. The second kappa shape index (κ2) is 7.88. The molecule has 0 radical (unpaired) electrons. The molecule has 4 rings (SSSR count). The second-order valence-corrected chi connectivity index (χ2v) is 7.20. The van der Waals surface area contributed by atoms with Crippen LogP contribution in [0.1, 0.15) is 40.1 Å². The van der Waals surface area contributed by atoms with Crippen LogP contribution < -0.4 is 4.74 Å². The number of carbonyl (C=O) groups is 1. The van der Waals surface area contributed by atoms with E-state index in [0.29, 0.717) is 43.5 Å². The van der Waals surface area contributed by atoms with Gasteiger partial charge in [0.05, 0.1) is 12.5 Å². The molecule has 7 nitrogen and oxygen atoms in total. The summed E-state index contributed by atoms with van der Waals surface area (Å²) in [6.07, 6.45) is 3.29. The summed E-state index contributed by atoms with van der Waals surface area (Å²) < 4.78 is 13.0. The third-order valence-electron chi connectivity index (χ3n) is 5.06. The molecule has 3 aromatic rings. The molecule has 1 aromatic carbocycles. The number of ether oxygens (including phenoxy) is 1. The van der Waals surface area contributed by atoms with E-state index >= 15 is 0 Å². The van der Waals surface area contributed by atoms with Crippen molar-refractivity contribution in [2.45, 2.75) is 25.7 Å². The van der Waals surface area contributed by atoms with E-state index in [2.05, 4.69) is 10.1 Å². The highest BCUT2D eigenvalue weighted by Gasteiger charge is 2.32. The number of carbonyl (C=O) groups excluding carboxylic acids is 1.